The van der Waals surface area contributed by atoms with Crippen molar-refractivity contribution in [2.24, 2.45) is 0 Å². The molecule has 2 aromatic rings. The largest absolute Gasteiger partial charge is 0.506 e. The molecule has 0 amide bonds. The second-order valence-corrected chi connectivity index (χ2v) is 10.5. The summed E-state index contributed by atoms with van der Waals surface area (Å²) in [4.78, 5) is 11.5. The molecule has 178 valence electrons. The van der Waals surface area contributed by atoms with E-state index in [0.29, 0.717) is 17.7 Å². The van der Waals surface area contributed by atoms with Gasteiger partial charge in [0.05, 0.1) is 5.75 Å². The van der Waals surface area contributed by atoms with E-state index in [1.807, 2.05) is 6.92 Å². The van der Waals surface area contributed by atoms with E-state index in [2.05, 4.69) is 4.72 Å². The van der Waals surface area contributed by atoms with Crippen LogP contribution >= 0.6 is 0 Å². The summed E-state index contributed by atoms with van der Waals surface area (Å²) in [6.45, 7) is 1.88. The zero-order valence-electron chi connectivity index (χ0n) is 17.8. The van der Waals surface area contributed by atoms with Gasteiger partial charge < -0.3 is 9.84 Å². The highest BCUT2D eigenvalue weighted by atomic mass is 32.2. The number of hydrogen-bond donors (Lipinski definition) is 3. The molecule has 1 heterocycles. The molecule has 3 N–H and O–H groups in total. The number of carbonyl (C=O) groups excluding carboxylic acids is 1. The van der Waals surface area contributed by atoms with Crippen molar-refractivity contribution in [1.29, 1.82) is 5.26 Å². The van der Waals surface area contributed by atoms with Crippen LogP contribution in [0.3, 0.4) is 0 Å². The van der Waals surface area contributed by atoms with Crippen molar-refractivity contribution in [2.45, 2.75) is 24.7 Å². The summed E-state index contributed by atoms with van der Waals surface area (Å²) >= 11 is 0. The van der Waals surface area contributed by atoms with Crippen molar-refractivity contribution in [3.63, 3.8) is 0 Å². The van der Waals surface area contributed by atoms with E-state index in [1.54, 1.807) is 6.07 Å². The number of sulfonamides is 1. The SMILES string of the molecule is CCCCS(=O)(=O)Nc1ccc(C2=C(C#N)C(=O)O/C2=C\c2ccc(O)c(S(=O)(=O)O)c2)cc1. The van der Waals surface area contributed by atoms with Crippen LogP contribution in [0, 0.1) is 11.3 Å². The van der Waals surface area contributed by atoms with Crippen molar-refractivity contribution >= 4 is 43.4 Å². The lowest BCUT2D eigenvalue weighted by atomic mass is 9.99. The van der Waals surface area contributed by atoms with E-state index >= 15 is 0 Å². The van der Waals surface area contributed by atoms with Gasteiger partial charge in [-0.2, -0.15) is 13.7 Å². The molecule has 0 spiro atoms. The summed E-state index contributed by atoms with van der Waals surface area (Å²) in [7, 11) is -8.23. The zero-order valence-corrected chi connectivity index (χ0v) is 19.5. The smallest absolute Gasteiger partial charge is 0.355 e. The van der Waals surface area contributed by atoms with E-state index in [9.17, 15) is 36.6 Å². The van der Waals surface area contributed by atoms with Crippen LogP contribution < -0.4 is 4.72 Å². The van der Waals surface area contributed by atoms with E-state index in [0.717, 1.165) is 18.6 Å². The monoisotopic (exact) mass is 504 g/mol. The summed E-state index contributed by atoms with van der Waals surface area (Å²) in [5, 5.41) is 19.1. The lowest BCUT2D eigenvalue weighted by Crippen LogP contribution is -2.16. The highest BCUT2D eigenvalue weighted by Crippen LogP contribution is 2.36. The highest BCUT2D eigenvalue weighted by molar-refractivity contribution is 7.92. The molecule has 0 aliphatic carbocycles. The number of cyclic esters (lactones) is 1. The fraction of sp³-hybridized carbons (Fsp3) is 0.182. The molecule has 0 radical (unpaired) electrons. The molecule has 0 aromatic heterocycles. The van der Waals surface area contributed by atoms with Gasteiger partial charge >= 0.3 is 5.97 Å². The Bertz CT molecular complexity index is 1450. The topological polar surface area (TPSA) is 171 Å². The van der Waals surface area contributed by atoms with Gasteiger partial charge in [0.25, 0.3) is 10.1 Å². The van der Waals surface area contributed by atoms with Crippen LogP contribution in [-0.4, -0.2) is 38.2 Å². The summed E-state index contributed by atoms with van der Waals surface area (Å²) in [5.41, 5.74) is 0.654. The van der Waals surface area contributed by atoms with Gasteiger partial charge in [0.15, 0.2) is 0 Å². The minimum Gasteiger partial charge on any atom is -0.506 e. The number of phenolic OH excluding ortho intramolecular Hbond substituents is 1. The Labute approximate surface area is 196 Å². The minimum atomic E-state index is -4.71. The first kappa shape index (κ1) is 25.0. The van der Waals surface area contributed by atoms with Gasteiger partial charge in [-0.3, -0.25) is 9.27 Å². The van der Waals surface area contributed by atoms with Gasteiger partial charge in [-0.25, -0.2) is 13.2 Å². The molecule has 0 bridgehead atoms. The Morgan fingerprint density at radius 2 is 1.79 bits per heavy atom. The second-order valence-electron chi connectivity index (χ2n) is 7.31. The Morgan fingerprint density at radius 1 is 1.12 bits per heavy atom. The Kier molecular flexibility index (Phi) is 7.11. The Hall–Kier alpha value is -3.66. The van der Waals surface area contributed by atoms with Crippen LogP contribution in [0.2, 0.25) is 0 Å². The first-order valence-corrected chi connectivity index (χ1v) is 13.0. The normalized spacial score (nSPS) is 15.3. The number of allylic oxidation sites excluding steroid dienone is 1. The molecular weight excluding hydrogens is 484 g/mol. The van der Waals surface area contributed by atoms with Crippen LogP contribution in [0.4, 0.5) is 5.69 Å². The van der Waals surface area contributed by atoms with Gasteiger partial charge in [-0.05, 0) is 47.9 Å². The number of carbonyl (C=O) groups is 1. The molecule has 2 aromatic carbocycles. The summed E-state index contributed by atoms with van der Waals surface area (Å²) in [6.07, 6.45) is 2.50. The van der Waals surface area contributed by atoms with Gasteiger partial charge in [0.2, 0.25) is 10.0 Å². The van der Waals surface area contributed by atoms with Crippen LogP contribution in [0.25, 0.3) is 11.6 Å². The molecule has 0 saturated carbocycles. The predicted octanol–water partition coefficient (Wildman–Crippen LogP) is 3.06. The molecule has 34 heavy (non-hydrogen) atoms. The number of ether oxygens (including phenoxy) is 1. The first-order chi connectivity index (χ1) is 15.9. The Morgan fingerprint density at radius 3 is 2.38 bits per heavy atom. The quantitative estimate of drug-likeness (QED) is 0.361. The molecular formula is C22H20N2O8S2. The number of nitrogens with one attached hydrogen (secondary N) is 1. The number of rotatable bonds is 8. The van der Waals surface area contributed by atoms with Gasteiger partial charge in [0, 0.05) is 11.3 Å². The summed E-state index contributed by atoms with van der Waals surface area (Å²) in [5.74, 6) is -1.67. The number of unbranched alkanes of at least 4 members (excludes halogenated alkanes) is 1. The number of hydrogen-bond acceptors (Lipinski definition) is 8. The Balaban J connectivity index is 2.00. The maximum atomic E-state index is 12.2. The van der Waals surface area contributed by atoms with E-state index in [4.69, 9.17) is 4.74 Å². The minimum absolute atomic E-state index is 0.0254. The lowest BCUT2D eigenvalue weighted by Gasteiger charge is -2.10. The molecule has 0 unspecified atom stereocenters. The van der Waals surface area contributed by atoms with Crippen molar-refractivity contribution in [3.05, 3.63) is 64.9 Å². The standard InChI is InChI=1S/C22H20N2O8S2/c1-2-3-10-33(27,28)24-16-7-5-15(6-8-16)21-17(13-23)22(26)32-19(21)11-14-4-9-18(25)20(12-14)34(29,30)31/h4-9,11-12,24-25H,2-3,10H2,1H3,(H,29,30,31)/b19-11-. The fourth-order valence-corrected chi connectivity index (χ4v) is 5.05. The maximum Gasteiger partial charge on any atom is 0.355 e. The molecule has 1 aliphatic heterocycles. The molecule has 0 saturated heterocycles. The number of nitriles is 1. The van der Waals surface area contributed by atoms with E-state index in [-0.39, 0.29) is 28.2 Å². The van der Waals surface area contributed by atoms with Crippen molar-refractivity contribution in [3.8, 4) is 11.8 Å². The van der Waals surface area contributed by atoms with Crippen molar-refractivity contribution < 1.29 is 36.0 Å². The summed E-state index contributed by atoms with van der Waals surface area (Å²) < 4.78 is 64.0. The number of esters is 1. The number of phenols is 1. The molecule has 1 aliphatic rings. The van der Waals surface area contributed by atoms with Crippen molar-refractivity contribution in [2.75, 3.05) is 10.5 Å². The van der Waals surface area contributed by atoms with Crippen molar-refractivity contribution in [1.82, 2.24) is 0 Å². The van der Waals surface area contributed by atoms with Gasteiger partial charge in [0.1, 0.15) is 28.0 Å². The third-order valence-corrected chi connectivity index (χ3v) is 7.04. The third-order valence-electron chi connectivity index (χ3n) is 4.79. The number of benzene rings is 2. The van der Waals surface area contributed by atoms with E-state index in [1.165, 1.54) is 36.4 Å². The van der Waals surface area contributed by atoms with Gasteiger partial charge in [-0.1, -0.05) is 31.5 Å². The number of aromatic hydroxyl groups is 1. The predicted molar refractivity (Wildman–Crippen MR) is 123 cm³/mol. The fourth-order valence-electron chi connectivity index (χ4n) is 3.17. The van der Waals surface area contributed by atoms with Crippen LogP contribution in [0.1, 0.15) is 30.9 Å². The van der Waals surface area contributed by atoms with Crippen LogP contribution in [0.15, 0.2) is 58.7 Å². The van der Waals surface area contributed by atoms with Crippen LogP contribution in [-0.2, 0) is 29.7 Å². The van der Waals surface area contributed by atoms with Crippen LogP contribution in [0.5, 0.6) is 5.75 Å². The molecule has 10 nitrogen and oxygen atoms in total. The first-order valence-electron chi connectivity index (χ1n) is 9.95. The average molecular weight is 505 g/mol. The number of nitrogens with zero attached hydrogens (tertiary/aromatic N) is 1. The second kappa shape index (κ2) is 9.68. The average Bonchev–Trinajstić information content (AvgIpc) is 3.07. The molecule has 12 heteroatoms. The number of anilines is 1. The molecule has 0 fully saturated rings. The molecule has 3 rings (SSSR count). The van der Waals surface area contributed by atoms with Gasteiger partial charge in [-0.15, -0.1) is 0 Å². The zero-order chi connectivity index (χ0) is 25.1. The maximum absolute atomic E-state index is 12.2. The van der Waals surface area contributed by atoms with E-state index < -0.39 is 36.8 Å². The third kappa shape index (κ3) is 5.63. The highest BCUT2D eigenvalue weighted by Gasteiger charge is 2.31. The summed E-state index contributed by atoms with van der Waals surface area (Å²) in [6, 6.07) is 11.1. The lowest BCUT2D eigenvalue weighted by molar-refractivity contribution is -0.132. The molecule has 0 atom stereocenters.